The lowest BCUT2D eigenvalue weighted by atomic mass is 10.2. The molecule has 3 heteroatoms. The first kappa shape index (κ1) is 15.7. The summed E-state index contributed by atoms with van der Waals surface area (Å²) in [7, 11) is 0. The zero-order valence-corrected chi connectivity index (χ0v) is 11.2. The van der Waals surface area contributed by atoms with Crippen LogP contribution in [0.4, 0.5) is 0 Å². The molecule has 0 aromatic heterocycles. The Labute approximate surface area is 104 Å². The number of hydrogen-bond donors (Lipinski definition) is 1. The molecule has 1 aromatic rings. The van der Waals surface area contributed by atoms with Gasteiger partial charge in [0.1, 0.15) is 0 Å². The van der Waals surface area contributed by atoms with Crippen molar-refractivity contribution < 1.29 is 14.8 Å². The first-order valence-electron chi connectivity index (χ1n) is 6.13. The minimum atomic E-state index is -1.13. The summed E-state index contributed by atoms with van der Waals surface area (Å²) >= 11 is 0. The van der Waals surface area contributed by atoms with Crippen LogP contribution in [0.3, 0.4) is 0 Å². The molecular formula is C14H23NO2. The van der Waals surface area contributed by atoms with Gasteiger partial charge in [-0.25, -0.2) is 0 Å². The number of carbonyl (C=O) groups excluding carboxylic acids is 1. The van der Waals surface area contributed by atoms with E-state index in [-0.39, 0.29) is 5.56 Å². The SMILES string of the molecule is CC[NH+](CC)C(C)C.O=C([O-])c1ccccc1. The van der Waals surface area contributed by atoms with Crippen LogP contribution in [0.5, 0.6) is 0 Å². The highest BCUT2D eigenvalue weighted by molar-refractivity contribution is 5.85. The predicted octanol–water partition coefficient (Wildman–Crippen LogP) is 0.370. The van der Waals surface area contributed by atoms with Crippen LogP contribution in [-0.4, -0.2) is 25.1 Å². The van der Waals surface area contributed by atoms with Gasteiger partial charge in [-0.2, -0.15) is 0 Å². The van der Waals surface area contributed by atoms with Crippen molar-refractivity contribution in [2.45, 2.75) is 33.7 Å². The number of hydrogen-bond acceptors (Lipinski definition) is 2. The van der Waals surface area contributed by atoms with E-state index in [0.717, 1.165) is 6.04 Å². The van der Waals surface area contributed by atoms with E-state index in [9.17, 15) is 9.90 Å². The zero-order valence-electron chi connectivity index (χ0n) is 11.2. The maximum absolute atomic E-state index is 10.1. The van der Waals surface area contributed by atoms with Gasteiger partial charge in [0.15, 0.2) is 0 Å². The van der Waals surface area contributed by atoms with E-state index >= 15 is 0 Å². The van der Waals surface area contributed by atoms with Crippen LogP contribution in [0.15, 0.2) is 30.3 Å². The van der Waals surface area contributed by atoms with Crippen LogP contribution in [0.25, 0.3) is 0 Å². The van der Waals surface area contributed by atoms with Crippen molar-refractivity contribution in [3.8, 4) is 0 Å². The van der Waals surface area contributed by atoms with Gasteiger partial charge in [0.05, 0.1) is 25.1 Å². The largest absolute Gasteiger partial charge is 0.545 e. The molecular weight excluding hydrogens is 214 g/mol. The molecule has 0 amide bonds. The molecule has 0 unspecified atom stereocenters. The van der Waals surface area contributed by atoms with Crippen molar-refractivity contribution in [2.24, 2.45) is 0 Å². The maximum atomic E-state index is 10.1. The average Bonchev–Trinajstić information content (AvgIpc) is 2.32. The summed E-state index contributed by atoms with van der Waals surface area (Å²) in [5, 5.41) is 10.1. The third kappa shape index (κ3) is 6.74. The lowest BCUT2D eigenvalue weighted by molar-refractivity contribution is -0.917. The van der Waals surface area contributed by atoms with E-state index in [0.29, 0.717) is 0 Å². The third-order valence-electron chi connectivity index (χ3n) is 2.73. The van der Waals surface area contributed by atoms with Gasteiger partial charge in [0.25, 0.3) is 0 Å². The van der Waals surface area contributed by atoms with Gasteiger partial charge in [-0.1, -0.05) is 30.3 Å². The monoisotopic (exact) mass is 237 g/mol. The molecule has 1 aromatic carbocycles. The van der Waals surface area contributed by atoms with Crippen molar-refractivity contribution in [1.29, 1.82) is 0 Å². The summed E-state index contributed by atoms with van der Waals surface area (Å²) in [6.45, 7) is 11.5. The Kier molecular flexibility index (Phi) is 8.07. The smallest absolute Gasteiger partial charge is 0.0817 e. The van der Waals surface area contributed by atoms with E-state index < -0.39 is 5.97 Å². The average molecular weight is 237 g/mol. The second kappa shape index (κ2) is 8.76. The molecule has 0 saturated heterocycles. The molecule has 0 atom stereocenters. The Morgan fingerprint density at radius 3 is 1.82 bits per heavy atom. The van der Waals surface area contributed by atoms with Crippen molar-refractivity contribution in [3.63, 3.8) is 0 Å². The highest BCUT2D eigenvalue weighted by Gasteiger charge is 2.04. The molecule has 3 nitrogen and oxygen atoms in total. The highest BCUT2D eigenvalue weighted by Crippen LogP contribution is 1.94. The van der Waals surface area contributed by atoms with Crippen LogP contribution in [0.2, 0.25) is 0 Å². The quantitative estimate of drug-likeness (QED) is 0.822. The summed E-state index contributed by atoms with van der Waals surface area (Å²) in [4.78, 5) is 11.8. The number of carboxylic acids is 1. The minimum absolute atomic E-state index is 0.220. The molecule has 1 rings (SSSR count). The minimum Gasteiger partial charge on any atom is -0.545 e. The van der Waals surface area contributed by atoms with Crippen molar-refractivity contribution in [1.82, 2.24) is 0 Å². The number of aromatic carboxylic acids is 1. The standard InChI is InChI=1S/C7H17N.C7H6O2/c1-5-8(6-2)7(3)4;8-7(9)6-4-2-1-3-5-6/h7H,5-6H2,1-4H3;1-5H,(H,8,9). The summed E-state index contributed by atoms with van der Waals surface area (Å²) in [5.74, 6) is -1.13. The van der Waals surface area contributed by atoms with E-state index in [1.165, 1.54) is 25.2 Å². The molecule has 96 valence electrons. The fraction of sp³-hybridized carbons (Fsp3) is 0.500. The van der Waals surface area contributed by atoms with Gasteiger partial charge in [-0.15, -0.1) is 0 Å². The number of nitrogens with one attached hydrogen (secondary N) is 1. The summed E-state index contributed by atoms with van der Waals surface area (Å²) in [6, 6.07) is 8.86. The van der Waals surface area contributed by atoms with Gasteiger partial charge in [0.2, 0.25) is 0 Å². The normalized spacial score (nSPS) is 10.0. The molecule has 0 heterocycles. The zero-order chi connectivity index (χ0) is 13.3. The molecule has 0 spiro atoms. The van der Waals surface area contributed by atoms with Crippen LogP contribution in [-0.2, 0) is 0 Å². The third-order valence-corrected chi connectivity index (χ3v) is 2.73. The van der Waals surface area contributed by atoms with Gasteiger partial charge in [-0.3, -0.25) is 0 Å². The second-order valence-electron chi connectivity index (χ2n) is 4.17. The van der Waals surface area contributed by atoms with Crippen LogP contribution >= 0.6 is 0 Å². The van der Waals surface area contributed by atoms with Crippen molar-refractivity contribution >= 4 is 5.97 Å². The Bertz CT molecular complexity index is 305. The summed E-state index contributed by atoms with van der Waals surface area (Å²) in [5.41, 5.74) is 0.220. The first-order chi connectivity index (χ1) is 8.02. The Balaban J connectivity index is 0.000000304. The molecule has 0 bridgehead atoms. The van der Waals surface area contributed by atoms with E-state index in [1.807, 2.05) is 0 Å². The first-order valence-corrected chi connectivity index (χ1v) is 6.13. The van der Waals surface area contributed by atoms with E-state index in [1.54, 1.807) is 23.1 Å². The Morgan fingerprint density at radius 1 is 1.18 bits per heavy atom. The number of carboxylic acid groups (broad SMARTS) is 1. The molecule has 0 saturated carbocycles. The molecule has 0 fully saturated rings. The van der Waals surface area contributed by atoms with E-state index in [4.69, 9.17) is 0 Å². The molecule has 1 N–H and O–H groups in total. The summed E-state index contributed by atoms with van der Waals surface area (Å²) in [6.07, 6.45) is 0. The van der Waals surface area contributed by atoms with Crippen molar-refractivity contribution in [3.05, 3.63) is 35.9 Å². The van der Waals surface area contributed by atoms with Crippen LogP contribution < -0.4 is 10.0 Å². The summed E-state index contributed by atoms with van der Waals surface area (Å²) < 4.78 is 0. The molecule has 0 aliphatic rings. The molecule has 0 aliphatic carbocycles. The lowest BCUT2D eigenvalue weighted by Gasteiger charge is -2.19. The molecule has 17 heavy (non-hydrogen) atoms. The number of carbonyl (C=O) groups is 1. The second-order valence-corrected chi connectivity index (χ2v) is 4.17. The number of benzene rings is 1. The van der Waals surface area contributed by atoms with E-state index in [2.05, 4.69) is 27.7 Å². The fourth-order valence-corrected chi connectivity index (χ4v) is 1.64. The highest BCUT2D eigenvalue weighted by atomic mass is 16.4. The Morgan fingerprint density at radius 2 is 1.65 bits per heavy atom. The van der Waals surface area contributed by atoms with Gasteiger partial charge in [0, 0.05) is 0 Å². The lowest BCUT2D eigenvalue weighted by Crippen LogP contribution is -3.14. The molecule has 0 radical (unpaired) electrons. The van der Waals surface area contributed by atoms with Crippen LogP contribution in [0.1, 0.15) is 38.1 Å². The van der Waals surface area contributed by atoms with Gasteiger partial charge >= 0.3 is 0 Å². The predicted molar refractivity (Wildman–Crippen MR) is 68.0 cm³/mol. The Hall–Kier alpha value is -1.35. The number of rotatable bonds is 4. The maximum Gasteiger partial charge on any atom is 0.0817 e. The van der Waals surface area contributed by atoms with Crippen LogP contribution in [0, 0.1) is 0 Å². The number of quaternary nitrogens is 1. The van der Waals surface area contributed by atoms with Gasteiger partial charge < -0.3 is 14.8 Å². The molecule has 0 aliphatic heterocycles. The fourth-order valence-electron chi connectivity index (χ4n) is 1.64. The topological polar surface area (TPSA) is 44.6 Å². The van der Waals surface area contributed by atoms with Crippen molar-refractivity contribution in [2.75, 3.05) is 13.1 Å². The van der Waals surface area contributed by atoms with Gasteiger partial charge in [-0.05, 0) is 33.3 Å².